The summed E-state index contributed by atoms with van der Waals surface area (Å²) in [6.07, 6.45) is 0. The molecule has 0 atom stereocenters. The van der Waals surface area contributed by atoms with Crippen molar-refractivity contribution in [2.45, 2.75) is 19.5 Å². The molecule has 2 rings (SSSR count). The Kier molecular flexibility index (Phi) is 2.17. The molecule has 1 aliphatic heterocycles. The largest absolute Gasteiger partial charge is 0.298 e. The van der Waals surface area contributed by atoms with Crippen LogP contribution in [-0.4, -0.2) is 10.8 Å². The number of nitrogens with zero attached hydrogens (tertiary/aromatic N) is 1. The summed E-state index contributed by atoms with van der Waals surface area (Å²) in [7, 11) is 0. The van der Waals surface area contributed by atoms with Crippen molar-refractivity contribution in [3.05, 3.63) is 30.3 Å². The van der Waals surface area contributed by atoms with Gasteiger partial charge in [-0.2, -0.15) is 0 Å². The number of benzene rings is 1. The lowest BCUT2D eigenvalue weighted by atomic mass is 10.2. The monoisotopic (exact) mass is 207 g/mol. The van der Waals surface area contributed by atoms with Crippen LogP contribution in [0.15, 0.2) is 30.3 Å². The Bertz CT molecular complexity index is 348. The van der Waals surface area contributed by atoms with Gasteiger partial charge >= 0.3 is 0 Å². The Labute approximate surface area is 89.1 Å². The third kappa shape index (κ3) is 1.47. The van der Waals surface area contributed by atoms with Gasteiger partial charge in [-0.15, -0.1) is 0 Å². The zero-order valence-electron chi connectivity index (χ0n) is 8.24. The summed E-state index contributed by atoms with van der Waals surface area (Å²) in [5, 5.41) is 0.709. The maximum atomic E-state index is 5.22. The molecule has 0 bridgehead atoms. The Morgan fingerprint density at radius 1 is 1.21 bits per heavy atom. The maximum Gasteiger partial charge on any atom is 0.189 e. The lowest BCUT2D eigenvalue weighted by molar-refractivity contribution is 0.430. The summed E-state index contributed by atoms with van der Waals surface area (Å²) < 4.78 is 0. The molecule has 1 heterocycles. The van der Waals surface area contributed by atoms with Crippen molar-refractivity contribution in [2.24, 2.45) is 0 Å². The molecule has 0 unspecified atom stereocenters. The summed E-state index contributed by atoms with van der Waals surface area (Å²) in [5.74, 6) is 0. The van der Waals surface area contributed by atoms with Gasteiger partial charge in [-0.05, 0) is 38.2 Å². The standard InChI is InChI=1S/C10H13N3S/c1-10(2)12-11-9(14)13(10)8-6-4-3-5-7-8/h3-7,12H,1-2H3,(H,11,14). The van der Waals surface area contributed by atoms with Gasteiger partial charge in [0.15, 0.2) is 5.11 Å². The van der Waals surface area contributed by atoms with E-state index in [9.17, 15) is 0 Å². The van der Waals surface area contributed by atoms with Gasteiger partial charge < -0.3 is 0 Å². The fourth-order valence-corrected chi connectivity index (χ4v) is 1.97. The Morgan fingerprint density at radius 3 is 2.36 bits per heavy atom. The van der Waals surface area contributed by atoms with Gasteiger partial charge in [-0.1, -0.05) is 18.2 Å². The molecule has 3 nitrogen and oxygen atoms in total. The number of thiocarbonyl (C=S) groups is 1. The van der Waals surface area contributed by atoms with Crippen LogP contribution in [0.1, 0.15) is 13.8 Å². The van der Waals surface area contributed by atoms with E-state index in [1.165, 1.54) is 0 Å². The predicted octanol–water partition coefficient (Wildman–Crippen LogP) is 1.62. The highest BCUT2D eigenvalue weighted by Gasteiger charge is 2.35. The smallest absolute Gasteiger partial charge is 0.189 e. The van der Waals surface area contributed by atoms with Crippen LogP contribution in [0.3, 0.4) is 0 Å². The molecule has 4 heteroatoms. The van der Waals surface area contributed by atoms with E-state index in [0.717, 1.165) is 5.69 Å². The number of rotatable bonds is 1. The van der Waals surface area contributed by atoms with Crippen molar-refractivity contribution in [3.63, 3.8) is 0 Å². The van der Waals surface area contributed by atoms with Crippen molar-refractivity contribution in [3.8, 4) is 0 Å². The maximum absolute atomic E-state index is 5.22. The molecule has 1 saturated heterocycles. The van der Waals surface area contributed by atoms with Crippen LogP contribution in [-0.2, 0) is 0 Å². The Morgan fingerprint density at radius 2 is 1.86 bits per heavy atom. The van der Waals surface area contributed by atoms with Crippen LogP contribution < -0.4 is 15.8 Å². The van der Waals surface area contributed by atoms with Gasteiger partial charge in [0.2, 0.25) is 0 Å². The van der Waals surface area contributed by atoms with Crippen LogP contribution in [0.25, 0.3) is 0 Å². The first-order valence-electron chi connectivity index (χ1n) is 4.54. The van der Waals surface area contributed by atoms with E-state index in [1.54, 1.807) is 0 Å². The minimum Gasteiger partial charge on any atom is -0.298 e. The van der Waals surface area contributed by atoms with Gasteiger partial charge in [0.05, 0.1) is 0 Å². The quantitative estimate of drug-likeness (QED) is 0.684. The van der Waals surface area contributed by atoms with Crippen molar-refractivity contribution in [2.75, 3.05) is 4.90 Å². The molecule has 2 N–H and O–H groups in total. The van der Waals surface area contributed by atoms with Gasteiger partial charge in [0.1, 0.15) is 5.66 Å². The van der Waals surface area contributed by atoms with E-state index in [0.29, 0.717) is 5.11 Å². The molecule has 0 amide bonds. The highest BCUT2D eigenvalue weighted by Crippen LogP contribution is 2.24. The zero-order chi connectivity index (χ0) is 10.2. The summed E-state index contributed by atoms with van der Waals surface area (Å²) in [6, 6.07) is 10.1. The minimum absolute atomic E-state index is 0.182. The number of hydrogen-bond acceptors (Lipinski definition) is 2. The third-order valence-electron chi connectivity index (χ3n) is 2.25. The van der Waals surface area contributed by atoms with Crippen LogP contribution in [0, 0.1) is 0 Å². The molecular formula is C10H13N3S. The summed E-state index contributed by atoms with van der Waals surface area (Å²) in [6.45, 7) is 4.15. The summed E-state index contributed by atoms with van der Waals surface area (Å²) >= 11 is 5.22. The molecule has 0 aliphatic carbocycles. The second-order valence-corrected chi connectivity index (χ2v) is 4.17. The van der Waals surface area contributed by atoms with E-state index >= 15 is 0 Å². The lowest BCUT2D eigenvalue weighted by Crippen LogP contribution is -2.47. The molecule has 0 saturated carbocycles. The molecule has 0 radical (unpaired) electrons. The highest BCUT2D eigenvalue weighted by atomic mass is 32.1. The highest BCUT2D eigenvalue weighted by molar-refractivity contribution is 7.80. The van der Waals surface area contributed by atoms with Crippen molar-refractivity contribution >= 4 is 23.0 Å². The van der Waals surface area contributed by atoms with E-state index < -0.39 is 0 Å². The van der Waals surface area contributed by atoms with Crippen LogP contribution in [0.5, 0.6) is 0 Å². The van der Waals surface area contributed by atoms with Crippen molar-refractivity contribution < 1.29 is 0 Å². The molecular weight excluding hydrogens is 194 g/mol. The van der Waals surface area contributed by atoms with E-state index in [2.05, 4.69) is 29.6 Å². The SMILES string of the molecule is CC1(C)NNC(=S)N1c1ccccc1. The number of para-hydroxylation sites is 1. The van der Waals surface area contributed by atoms with Crippen molar-refractivity contribution in [1.29, 1.82) is 0 Å². The Balaban J connectivity index is 2.38. The molecule has 1 aliphatic rings. The Hall–Kier alpha value is -1.13. The molecule has 1 aromatic carbocycles. The summed E-state index contributed by atoms with van der Waals surface area (Å²) in [5.41, 5.74) is 7.01. The fraction of sp³-hybridized carbons (Fsp3) is 0.300. The third-order valence-corrected chi connectivity index (χ3v) is 2.54. The summed E-state index contributed by atoms with van der Waals surface area (Å²) in [4.78, 5) is 2.06. The molecule has 1 aromatic rings. The van der Waals surface area contributed by atoms with E-state index in [4.69, 9.17) is 12.2 Å². The number of nitrogens with one attached hydrogen (secondary N) is 2. The predicted molar refractivity (Wildman–Crippen MR) is 61.9 cm³/mol. The molecule has 0 aromatic heterocycles. The first-order valence-corrected chi connectivity index (χ1v) is 4.94. The van der Waals surface area contributed by atoms with Crippen LogP contribution >= 0.6 is 12.2 Å². The fourth-order valence-electron chi connectivity index (χ4n) is 1.59. The average Bonchev–Trinajstić information content (AvgIpc) is 2.42. The van der Waals surface area contributed by atoms with Crippen molar-refractivity contribution in [1.82, 2.24) is 10.9 Å². The molecule has 74 valence electrons. The van der Waals surface area contributed by atoms with Gasteiger partial charge in [-0.3, -0.25) is 10.3 Å². The molecule has 14 heavy (non-hydrogen) atoms. The lowest BCUT2D eigenvalue weighted by Gasteiger charge is -2.30. The minimum atomic E-state index is -0.182. The second-order valence-electron chi connectivity index (χ2n) is 3.79. The first-order chi connectivity index (χ1) is 6.61. The normalized spacial score (nSPS) is 19.6. The van der Waals surface area contributed by atoms with Crippen LogP contribution in [0.4, 0.5) is 5.69 Å². The number of hydrazine groups is 1. The number of hydrogen-bond donors (Lipinski definition) is 2. The number of anilines is 1. The zero-order valence-corrected chi connectivity index (χ0v) is 9.06. The van der Waals surface area contributed by atoms with Crippen LogP contribution in [0.2, 0.25) is 0 Å². The molecule has 1 fully saturated rings. The van der Waals surface area contributed by atoms with E-state index in [1.807, 2.05) is 30.3 Å². The van der Waals surface area contributed by atoms with Gasteiger partial charge in [0, 0.05) is 5.69 Å². The van der Waals surface area contributed by atoms with E-state index in [-0.39, 0.29) is 5.66 Å². The second kappa shape index (κ2) is 3.22. The van der Waals surface area contributed by atoms with Gasteiger partial charge in [-0.25, -0.2) is 5.43 Å². The average molecular weight is 207 g/mol. The first kappa shape index (κ1) is 9.43. The molecule has 0 spiro atoms. The topological polar surface area (TPSA) is 27.3 Å². The van der Waals surface area contributed by atoms with Gasteiger partial charge in [0.25, 0.3) is 0 Å².